The minimum absolute atomic E-state index is 0.102. The number of ether oxygens (including phenoxy) is 1. The zero-order valence-electron chi connectivity index (χ0n) is 20.4. The first kappa shape index (κ1) is 25.7. The Morgan fingerprint density at radius 2 is 1.61 bits per heavy atom. The Hall–Kier alpha value is -3.34. The van der Waals surface area contributed by atoms with Crippen LogP contribution in [0.5, 0.6) is 5.75 Å². The van der Waals surface area contributed by atoms with E-state index in [9.17, 15) is 17.6 Å². The molecule has 0 saturated heterocycles. The molecule has 0 amide bonds. The van der Waals surface area contributed by atoms with E-state index in [4.69, 9.17) is 4.74 Å². The second kappa shape index (κ2) is 11.6. The molecule has 1 atom stereocenters. The highest BCUT2D eigenvalue weighted by atomic mass is 19.2. The molecule has 0 radical (unpaired) electrons. The van der Waals surface area contributed by atoms with Crippen molar-refractivity contribution >= 4 is 5.57 Å². The normalized spacial score (nSPS) is 15.5. The van der Waals surface area contributed by atoms with E-state index in [1.165, 1.54) is 6.07 Å². The number of halogens is 4. The second-order valence-electron chi connectivity index (χ2n) is 9.34. The summed E-state index contributed by atoms with van der Waals surface area (Å²) < 4.78 is 64.0. The van der Waals surface area contributed by atoms with Gasteiger partial charge in [-0.25, -0.2) is 13.2 Å². The molecule has 0 aliphatic heterocycles. The van der Waals surface area contributed by atoms with Gasteiger partial charge in [0.2, 0.25) is 5.82 Å². The van der Waals surface area contributed by atoms with Crippen molar-refractivity contribution < 1.29 is 22.3 Å². The van der Waals surface area contributed by atoms with E-state index < -0.39 is 23.3 Å². The van der Waals surface area contributed by atoms with E-state index in [0.717, 1.165) is 17.6 Å². The minimum atomic E-state index is -0.980. The molecule has 1 unspecified atom stereocenters. The Morgan fingerprint density at radius 1 is 0.889 bits per heavy atom. The molecule has 0 fully saturated rings. The molecule has 1 aliphatic carbocycles. The Balaban J connectivity index is 1.38. The number of aryl methyl sites for hydroxylation is 2. The third kappa shape index (κ3) is 5.72. The average Bonchev–Trinajstić information content (AvgIpc) is 2.89. The number of benzene rings is 3. The predicted octanol–water partition coefficient (Wildman–Crippen LogP) is 8.99. The lowest BCUT2D eigenvalue weighted by molar-refractivity contribution is 0.301. The topological polar surface area (TPSA) is 9.23 Å². The molecule has 1 nitrogen and oxygen atoms in total. The molecule has 0 bridgehead atoms. The maximum absolute atomic E-state index is 14.8. The third-order valence-corrected chi connectivity index (χ3v) is 6.84. The quantitative estimate of drug-likeness (QED) is 0.164. The Morgan fingerprint density at radius 3 is 2.31 bits per heavy atom. The summed E-state index contributed by atoms with van der Waals surface area (Å²) in [6.45, 7) is 5.76. The lowest BCUT2D eigenvalue weighted by Crippen LogP contribution is -2.09. The Labute approximate surface area is 210 Å². The van der Waals surface area contributed by atoms with Gasteiger partial charge in [-0.15, -0.1) is 6.58 Å². The van der Waals surface area contributed by atoms with E-state index in [1.54, 1.807) is 36.4 Å². The van der Waals surface area contributed by atoms with Crippen LogP contribution in [-0.4, -0.2) is 6.61 Å². The molecule has 0 aromatic heterocycles. The van der Waals surface area contributed by atoms with Crippen molar-refractivity contribution in [2.75, 3.05) is 6.61 Å². The number of hydrogen-bond donors (Lipinski definition) is 0. The first-order chi connectivity index (χ1) is 17.4. The smallest absolute Gasteiger partial charge is 0.201 e. The van der Waals surface area contributed by atoms with E-state index >= 15 is 0 Å². The standard InChI is InChI=1S/C31H30F4O/c1-3-4-19-36-27-18-17-26(30(34)31(27)35)23-12-7-21(8-13-23)9-14-24-15-16-25(29(33)28(24)32)22-10-5-20(2)6-11-22/h3,5-6,10-12,15-18,21H,1,4,7-9,13-14,19H2,2H3. The molecular weight excluding hydrogens is 464 g/mol. The van der Waals surface area contributed by atoms with E-state index in [-0.39, 0.29) is 29.4 Å². The fraction of sp³-hybridized carbons (Fsp3) is 0.290. The Bertz CT molecular complexity index is 1260. The second-order valence-corrected chi connectivity index (χ2v) is 9.34. The molecule has 0 saturated carbocycles. The lowest BCUT2D eigenvalue weighted by atomic mass is 9.83. The van der Waals surface area contributed by atoms with Gasteiger partial charge >= 0.3 is 0 Å². The van der Waals surface area contributed by atoms with Crippen LogP contribution in [-0.2, 0) is 6.42 Å². The van der Waals surface area contributed by atoms with Gasteiger partial charge in [0.05, 0.1) is 6.61 Å². The van der Waals surface area contributed by atoms with Crippen LogP contribution in [0.25, 0.3) is 16.7 Å². The van der Waals surface area contributed by atoms with Gasteiger partial charge in [-0.1, -0.05) is 54.1 Å². The predicted molar refractivity (Wildman–Crippen MR) is 137 cm³/mol. The third-order valence-electron chi connectivity index (χ3n) is 6.84. The largest absolute Gasteiger partial charge is 0.490 e. The van der Waals surface area contributed by atoms with Gasteiger partial charge in [0.1, 0.15) is 0 Å². The van der Waals surface area contributed by atoms with Crippen molar-refractivity contribution in [3.05, 3.63) is 107 Å². The van der Waals surface area contributed by atoms with E-state index in [2.05, 4.69) is 6.58 Å². The number of allylic oxidation sites excluding steroid dienone is 2. The van der Waals surface area contributed by atoms with E-state index in [1.807, 2.05) is 25.1 Å². The average molecular weight is 495 g/mol. The summed E-state index contributed by atoms with van der Waals surface area (Å²) in [7, 11) is 0. The molecule has 4 rings (SSSR count). The molecule has 3 aromatic rings. The SMILES string of the molecule is C=CCCOc1ccc(C2=CCC(CCc3ccc(-c4ccc(C)cc4)c(F)c3F)CC2)c(F)c1F. The van der Waals surface area contributed by atoms with Gasteiger partial charge in [0.15, 0.2) is 23.2 Å². The summed E-state index contributed by atoms with van der Waals surface area (Å²) in [6.07, 6.45) is 7.29. The van der Waals surface area contributed by atoms with Crippen molar-refractivity contribution in [1.29, 1.82) is 0 Å². The van der Waals surface area contributed by atoms with Crippen molar-refractivity contribution in [1.82, 2.24) is 0 Å². The molecule has 1 aliphatic rings. The van der Waals surface area contributed by atoms with Crippen molar-refractivity contribution in [2.24, 2.45) is 5.92 Å². The molecule has 5 heteroatoms. The van der Waals surface area contributed by atoms with Gasteiger partial charge < -0.3 is 4.74 Å². The highest BCUT2D eigenvalue weighted by molar-refractivity contribution is 5.68. The molecule has 0 spiro atoms. The number of rotatable bonds is 9. The fourth-order valence-corrected chi connectivity index (χ4v) is 4.64. The summed E-state index contributed by atoms with van der Waals surface area (Å²) in [5, 5.41) is 0. The fourth-order valence-electron chi connectivity index (χ4n) is 4.64. The zero-order chi connectivity index (χ0) is 25.7. The first-order valence-electron chi connectivity index (χ1n) is 12.3. The summed E-state index contributed by atoms with van der Waals surface area (Å²) in [4.78, 5) is 0. The minimum Gasteiger partial charge on any atom is -0.490 e. The molecule has 188 valence electrons. The lowest BCUT2D eigenvalue weighted by Gasteiger charge is -2.23. The van der Waals surface area contributed by atoms with Crippen LogP contribution in [0, 0.1) is 36.1 Å². The van der Waals surface area contributed by atoms with Crippen LogP contribution in [0.1, 0.15) is 48.8 Å². The van der Waals surface area contributed by atoms with Gasteiger partial charge in [-0.05, 0) is 80.2 Å². The number of hydrogen-bond acceptors (Lipinski definition) is 1. The summed E-state index contributed by atoms with van der Waals surface area (Å²) in [6, 6.07) is 13.6. The van der Waals surface area contributed by atoms with Gasteiger partial charge in [0.25, 0.3) is 0 Å². The highest BCUT2D eigenvalue weighted by Gasteiger charge is 2.22. The molecule has 3 aromatic carbocycles. The molecular formula is C31H30F4O. The van der Waals surface area contributed by atoms with Crippen molar-refractivity contribution in [3.63, 3.8) is 0 Å². The van der Waals surface area contributed by atoms with Crippen LogP contribution in [0.2, 0.25) is 0 Å². The van der Waals surface area contributed by atoms with E-state index in [0.29, 0.717) is 43.2 Å². The molecule has 36 heavy (non-hydrogen) atoms. The zero-order valence-corrected chi connectivity index (χ0v) is 20.4. The van der Waals surface area contributed by atoms with Crippen LogP contribution in [0.3, 0.4) is 0 Å². The van der Waals surface area contributed by atoms with Crippen LogP contribution < -0.4 is 4.74 Å². The first-order valence-corrected chi connectivity index (χ1v) is 12.3. The van der Waals surface area contributed by atoms with Crippen molar-refractivity contribution in [2.45, 2.75) is 45.4 Å². The van der Waals surface area contributed by atoms with Crippen LogP contribution in [0.4, 0.5) is 17.6 Å². The van der Waals surface area contributed by atoms with Gasteiger partial charge in [-0.3, -0.25) is 0 Å². The molecule has 0 N–H and O–H groups in total. The van der Waals surface area contributed by atoms with Gasteiger partial charge in [-0.2, -0.15) is 4.39 Å². The van der Waals surface area contributed by atoms with Crippen LogP contribution >= 0.6 is 0 Å². The summed E-state index contributed by atoms with van der Waals surface area (Å²) >= 11 is 0. The Kier molecular flexibility index (Phi) is 8.29. The summed E-state index contributed by atoms with van der Waals surface area (Å²) in [5.41, 5.74) is 3.33. The maximum Gasteiger partial charge on any atom is 0.201 e. The van der Waals surface area contributed by atoms with Crippen LogP contribution in [0.15, 0.2) is 67.3 Å². The summed E-state index contributed by atoms with van der Waals surface area (Å²) in [5.74, 6) is -3.34. The van der Waals surface area contributed by atoms with Gasteiger partial charge in [0, 0.05) is 11.1 Å². The highest BCUT2D eigenvalue weighted by Crippen LogP contribution is 2.36. The maximum atomic E-state index is 14.8. The monoisotopic (exact) mass is 494 g/mol. The molecule has 0 heterocycles. The van der Waals surface area contributed by atoms with Crippen molar-refractivity contribution in [3.8, 4) is 16.9 Å².